The third-order valence-electron chi connectivity index (χ3n) is 4.22. The van der Waals surface area contributed by atoms with Crippen molar-refractivity contribution >= 4 is 33.4 Å². The average molecular weight is 394 g/mol. The number of carbonyl (C=O) groups excluding carboxylic acids is 1. The lowest BCUT2D eigenvalue weighted by atomic mass is 10.2. The maximum atomic E-state index is 14.2. The van der Waals surface area contributed by atoms with E-state index in [0.29, 0.717) is 18.8 Å². The van der Waals surface area contributed by atoms with E-state index in [9.17, 15) is 17.6 Å². The Morgan fingerprint density at radius 1 is 1.12 bits per heavy atom. The van der Waals surface area contributed by atoms with E-state index in [-0.39, 0.29) is 5.56 Å². The fourth-order valence-corrected chi connectivity index (χ4v) is 4.80. The Hall–Kier alpha value is -1.90. The van der Waals surface area contributed by atoms with Gasteiger partial charge < -0.3 is 5.32 Å². The summed E-state index contributed by atoms with van der Waals surface area (Å²) in [6.07, 6.45) is 3.47. The largest absolute Gasteiger partial charge is 0.322 e. The molecule has 0 radical (unpaired) electrons. The zero-order chi connectivity index (χ0) is 18.7. The van der Waals surface area contributed by atoms with Crippen molar-refractivity contribution in [3.63, 3.8) is 0 Å². The number of hydrogen-bond acceptors (Lipinski definition) is 4. The van der Waals surface area contributed by atoms with Crippen LogP contribution in [0.15, 0.2) is 52.3 Å². The summed E-state index contributed by atoms with van der Waals surface area (Å²) in [6.45, 7) is 0.750. The Labute approximate surface area is 156 Å². The van der Waals surface area contributed by atoms with Gasteiger partial charge in [-0.25, -0.2) is 12.8 Å². The summed E-state index contributed by atoms with van der Waals surface area (Å²) >= 11 is 1.59. The summed E-state index contributed by atoms with van der Waals surface area (Å²) in [7, 11) is -3.93. The third kappa shape index (κ3) is 3.92. The second-order valence-electron chi connectivity index (χ2n) is 5.94. The smallest absolute Gasteiger partial charge is 0.255 e. The van der Waals surface area contributed by atoms with Crippen LogP contribution in [0.5, 0.6) is 0 Å². The Kier molecular flexibility index (Phi) is 5.64. The van der Waals surface area contributed by atoms with E-state index in [2.05, 4.69) is 5.32 Å². The van der Waals surface area contributed by atoms with Gasteiger partial charge in [0.25, 0.3) is 5.91 Å². The Balaban J connectivity index is 1.85. The van der Waals surface area contributed by atoms with Crippen LogP contribution in [0.4, 0.5) is 10.1 Å². The molecule has 0 aliphatic carbocycles. The minimum atomic E-state index is -3.93. The van der Waals surface area contributed by atoms with E-state index in [1.807, 2.05) is 18.4 Å². The minimum absolute atomic E-state index is 0.0955. The summed E-state index contributed by atoms with van der Waals surface area (Å²) in [4.78, 5) is 13.0. The molecule has 0 bridgehead atoms. The highest BCUT2D eigenvalue weighted by molar-refractivity contribution is 7.98. The van der Waals surface area contributed by atoms with Gasteiger partial charge in [-0.15, -0.1) is 11.8 Å². The predicted octanol–water partition coefficient (Wildman–Crippen LogP) is 3.58. The summed E-state index contributed by atoms with van der Waals surface area (Å²) in [5.41, 5.74) is 0.680. The van der Waals surface area contributed by atoms with Gasteiger partial charge in [-0.3, -0.25) is 4.79 Å². The first-order chi connectivity index (χ1) is 12.4. The van der Waals surface area contributed by atoms with Crippen LogP contribution in [-0.2, 0) is 10.0 Å². The van der Waals surface area contributed by atoms with Gasteiger partial charge in [-0.1, -0.05) is 0 Å². The normalized spacial score (nSPS) is 15.2. The van der Waals surface area contributed by atoms with Crippen molar-refractivity contribution < 1.29 is 17.6 Å². The van der Waals surface area contributed by atoms with Crippen molar-refractivity contribution in [2.75, 3.05) is 24.7 Å². The van der Waals surface area contributed by atoms with Crippen molar-refractivity contribution in [1.82, 2.24) is 4.31 Å². The first kappa shape index (κ1) is 18.9. The van der Waals surface area contributed by atoms with Crippen LogP contribution in [0, 0.1) is 5.82 Å². The number of nitrogens with one attached hydrogen (secondary N) is 1. The maximum absolute atomic E-state index is 14.2. The van der Waals surface area contributed by atoms with Gasteiger partial charge in [0.05, 0.1) is 0 Å². The number of hydrogen-bond donors (Lipinski definition) is 1. The van der Waals surface area contributed by atoms with Gasteiger partial charge in [0.15, 0.2) is 0 Å². The highest BCUT2D eigenvalue weighted by atomic mass is 32.2. The quantitative estimate of drug-likeness (QED) is 0.787. The van der Waals surface area contributed by atoms with Gasteiger partial charge in [-0.2, -0.15) is 4.31 Å². The zero-order valence-electron chi connectivity index (χ0n) is 14.2. The van der Waals surface area contributed by atoms with Gasteiger partial charge >= 0.3 is 0 Å². The number of nitrogens with zero attached hydrogens (tertiary/aromatic N) is 1. The average Bonchev–Trinajstić information content (AvgIpc) is 3.18. The van der Waals surface area contributed by atoms with E-state index < -0.39 is 26.6 Å². The molecule has 1 aliphatic heterocycles. The van der Waals surface area contributed by atoms with Crippen LogP contribution in [0.1, 0.15) is 23.2 Å². The monoisotopic (exact) mass is 394 g/mol. The minimum Gasteiger partial charge on any atom is -0.322 e. The number of halogens is 1. The van der Waals surface area contributed by atoms with Crippen LogP contribution in [-0.4, -0.2) is 38.0 Å². The third-order valence-corrected chi connectivity index (χ3v) is 6.88. The molecule has 0 aromatic heterocycles. The molecule has 8 heteroatoms. The molecule has 3 rings (SSSR count). The predicted molar refractivity (Wildman–Crippen MR) is 101 cm³/mol. The summed E-state index contributed by atoms with van der Waals surface area (Å²) in [6, 6.07) is 10.7. The molecule has 0 atom stereocenters. The summed E-state index contributed by atoms with van der Waals surface area (Å²) in [5, 5.41) is 2.70. The first-order valence-corrected chi connectivity index (χ1v) is 10.8. The lowest BCUT2D eigenvalue weighted by Crippen LogP contribution is -2.29. The first-order valence-electron chi connectivity index (χ1n) is 8.17. The highest BCUT2D eigenvalue weighted by Crippen LogP contribution is 2.25. The molecule has 1 heterocycles. The number of sulfonamides is 1. The Morgan fingerprint density at radius 3 is 2.38 bits per heavy atom. The number of anilines is 1. The lowest BCUT2D eigenvalue weighted by Gasteiger charge is -2.16. The molecule has 1 N–H and O–H groups in total. The summed E-state index contributed by atoms with van der Waals surface area (Å²) < 4.78 is 40.6. The van der Waals surface area contributed by atoms with E-state index in [0.717, 1.165) is 29.9 Å². The molecule has 26 heavy (non-hydrogen) atoms. The molecular weight excluding hydrogens is 375 g/mol. The number of carbonyl (C=O) groups is 1. The molecule has 1 saturated heterocycles. The van der Waals surface area contributed by atoms with Crippen molar-refractivity contribution in [2.45, 2.75) is 22.6 Å². The molecule has 0 saturated carbocycles. The summed E-state index contributed by atoms with van der Waals surface area (Å²) in [5.74, 6) is -1.34. The van der Waals surface area contributed by atoms with Gasteiger partial charge in [-0.05, 0) is 61.6 Å². The number of benzene rings is 2. The van der Waals surface area contributed by atoms with E-state index >= 15 is 0 Å². The van der Waals surface area contributed by atoms with Gasteiger partial charge in [0.1, 0.15) is 10.7 Å². The maximum Gasteiger partial charge on any atom is 0.255 e. The van der Waals surface area contributed by atoms with Crippen LogP contribution in [0.3, 0.4) is 0 Å². The molecule has 2 aromatic carbocycles. The van der Waals surface area contributed by atoms with Crippen LogP contribution < -0.4 is 5.32 Å². The van der Waals surface area contributed by atoms with Crippen LogP contribution >= 0.6 is 11.8 Å². The fraction of sp³-hybridized carbons (Fsp3) is 0.278. The van der Waals surface area contributed by atoms with Crippen molar-refractivity contribution in [3.05, 3.63) is 53.8 Å². The van der Waals surface area contributed by atoms with Crippen LogP contribution in [0.25, 0.3) is 0 Å². The topological polar surface area (TPSA) is 66.5 Å². The molecule has 2 aromatic rings. The Morgan fingerprint density at radius 2 is 1.77 bits per heavy atom. The van der Waals surface area contributed by atoms with E-state index in [1.165, 1.54) is 10.4 Å². The van der Waals surface area contributed by atoms with Crippen molar-refractivity contribution in [1.29, 1.82) is 0 Å². The number of amides is 1. The molecule has 1 fully saturated rings. The zero-order valence-corrected chi connectivity index (χ0v) is 15.9. The van der Waals surface area contributed by atoms with Gasteiger partial charge in [0.2, 0.25) is 10.0 Å². The standard InChI is InChI=1S/C18H19FN2O3S2/c1-25-15-7-5-14(6-8-15)20-18(22)13-4-9-16(19)17(12-13)26(23,24)21-10-2-3-11-21/h4-9,12H,2-3,10-11H2,1H3,(H,20,22). The van der Waals surface area contributed by atoms with Crippen molar-refractivity contribution in [2.24, 2.45) is 0 Å². The molecule has 138 valence electrons. The lowest BCUT2D eigenvalue weighted by molar-refractivity contribution is 0.102. The molecule has 0 spiro atoms. The van der Waals surface area contributed by atoms with E-state index in [4.69, 9.17) is 0 Å². The number of rotatable bonds is 5. The molecule has 5 nitrogen and oxygen atoms in total. The highest BCUT2D eigenvalue weighted by Gasteiger charge is 2.30. The Bertz CT molecular complexity index is 909. The van der Waals surface area contributed by atoms with E-state index in [1.54, 1.807) is 23.9 Å². The second-order valence-corrected chi connectivity index (χ2v) is 8.73. The SMILES string of the molecule is CSc1ccc(NC(=O)c2ccc(F)c(S(=O)(=O)N3CCCC3)c2)cc1. The fourth-order valence-electron chi connectivity index (χ4n) is 2.79. The van der Waals surface area contributed by atoms with Crippen molar-refractivity contribution in [3.8, 4) is 0 Å². The molecule has 0 unspecified atom stereocenters. The molecule has 1 amide bonds. The number of thioether (sulfide) groups is 1. The molecular formula is C18H19FN2O3S2. The second kappa shape index (κ2) is 7.77. The van der Waals surface area contributed by atoms with Crippen LogP contribution in [0.2, 0.25) is 0 Å². The molecule has 1 aliphatic rings. The van der Waals surface area contributed by atoms with Gasteiger partial charge in [0, 0.05) is 29.2 Å².